The van der Waals surface area contributed by atoms with Crippen molar-refractivity contribution in [1.82, 2.24) is 5.32 Å². The Morgan fingerprint density at radius 1 is 1.22 bits per heavy atom. The maximum Gasteiger partial charge on any atom is 0.129 e. The Labute approximate surface area is 112 Å². The lowest BCUT2D eigenvalue weighted by Crippen LogP contribution is -2.30. The Kier molecular flexibility index (Phi) is 6.65. The number of hydrogen-bond donors (Lipinski definition) is 1. The minimum absolute atomic E-state index is 0.216. The van der Waals surface area contributed by atoms with Gasteiger partial charge in [0, 0.05) is 17.9 Å². The van der Waals surface area contributed by atoms with Gasteiger partial charge in [-0.3, -0.25) is 0 Å². The molecule has 1 atom stereocenters. The standard InChI is InChI=1S/C14H21F2NS/c1-10(2)8-18-9-13(17-3)6-11-4-5-12(15)7-14(11)16/h4-5,7,10,13,17H,6,8-9H2,1-3H3. The maximum absolute atomic E-state index is 13.5. The van der Waals surface area contributed by atoms with Crippen LogP contribution in [0.1, 0.15) is 19.4 Å². The van der Waals surface area contributed by atoms with Gasteiger partial charge >= 0.3 is 0 Å². The summed E-state index contributed by atoms with van der Waals surface area (Å²) in [5.41, 5.74) is 0.570. The number of rotatable bonds is 7. The molecule has 0 radical (unpaired) electrons. The van der Waals surface area contributed by atoms with Gasteiger partial charge in [-0.05, 0) is 36.8 Å². The van der Waals surface area contributed by atoms with Crippen molar-refractivity contribution in [2.45, 2.75) is 26.3 Å². The molecule has 1 unspecified atom stereocenters. The molecular formula is C14H21F2NS. The molecule has 4 heteroatoms. The molecule has 1 N–H and O–H groups in total. The highest BCUT2D eigenvalue weighted by Crippen LogP contribution is 2.15. The zero-order valence-electron chi connectivity index (χ0n) is 11.2. The quantitative estimate of drug-likeness (QED) is 0.816. The molecule has 0 aliphatic rings. The molecule has 0 bridgehead atoms. The van der Waals surface area contributed by atoms with E-state index in [1.165, 1.54) is 12.1 Å². The monoisotopic (exact) mass is 273 g/mol. The summed E-state index contributed by atoms with van der Waals surface area (Å²) in [7, 11) is 1.88. The average Bonchev–Trinajstić information content (AvgIpc) is 2.30. The summed E-state index contributed by atoms with van der Waals surface area (Å²) >= 11 is 1.86. The summed E-state index contributed by atoms with van der Waals surface area (Å²) < 4.78 is 26.3. The SMILES string of the molecule is CNC(CSCC(C)C)Cc1ccc(F)cc1F. The third-order valence-electron chi connectivity index (χ3n) is 2.66. The van der Waals surface area contributed by atoms with E-state index in [1.54, 1.807) is 0 Å². The topological polar surface area (TPSA) is 12.0 Å². The van der Waals surface area contributed by atoms with Gasteiger partial charge in [-0.1, -0.05) is 19.9 Å². The second-order valence-electron chi connectivity index (χ2n) is 4.86. The molecule has 0 heterocycles. The Morgan fingerprint density at radius 3 is 2.50 bits per heavy atom. The molecule has 0 saturated heterocycles. The molecule has 0 aliphatic heterocycles. The van der Waals surface area contributed by atoms with Crippen molar-refractivity contribution >= 4 is 11.8 Å². The van der Waals surface area contributed by atoms with E-state index in [0.29, 0.717) is 17.9 Å². The molecular weight excluding hydrogens is 252 g/mol. The number of likely N-dealkylation sites (N-methyl/N-ethyl adjacent to an activating group) is 1. The van der Waals surface area contributed by atoms with E-state index in [0.717, 1.165) is 17.6 Å². The van der Waals surface area contributed by atoms with Crippen LogP contribution in [0.5, 0.6) is 0 Å². The first-order chi connectivity index (χ1) is 8.52. The van der Waals surface area contributed by atoms with Gasteiger partial charge in [0.2, 0.25) is 0 Å². The Morgan fingerprint density at radius 2 is 1.94 bits per heavy atom. The van der Waals surface area contributed by atoms with Gasteiger partial charge in [-0.15, -0.1) is 0 Å². The zero-order valence-corrected chi connectivity index (χ0v) is 12.0. The summed E-state index contributed by atoms with van der Waals surface area (Å²) in [5, 5.41) is 3.18. The van der Waals surface area contributed by atoms with Gasteiger partial charge < -0.3 is 5.32 Å². The van der Waals surface area contributed by atoms with E-state index in [-0.39, 0.29) is 6.04 Å². The van der Waals surface area contributed by atoms with Crippen LogP contribution in [0.15, 0.2) is 18.2 Å². The van der Waals surface area contributed by atoms with Crippen molar-refractivity contribution in [2.24, 2.45) is 5.92 Å². The number of thioether (sulfide) groups is 1. The number of nitrogens with one attached hydrogen (secondary N) is 1. The molecule has 0 saturated carbocycles. The molecule has 1 aromatic rings. The van der Waals surface area contributed by atoms with Crippen molar-refractivity contribution < 1.29 is 8.78 Å². The molecule has 0 aliphatic carbocycles. The molecule has 0 aromatic heterocycles. The normalized spacial score (nSPS) is 13.0. The molecule has 0 spiro atoms. The Hall–Kier alpha value is -0.610. The first-order valence-electron chi connectivity index (χ1n) is 6.22. The van der Waals surface area contributed by atoms with Crippen molar-refractivity contribution in [1.29, 1.82) is 0 Å². The predicted molar refractivity (Wildman–Crippen MR) is 75.1 cm³/mol. The summed E-state index contributed by atoms with van der Waals surface area (Å²) in [4.78, 5) is 0. The first-order valence-corrected chi connectivity index (χ1v) is 7.37. The van der Waals surface area contributed by atoms with Crippen LogP contribution in [-0.4, -0.2) is 24.6 Å². The van der Waals surface area contributed by atoms with E-state index in [4.69, 9.17) is 0 Å². The third-order valence-corrected chi connectivity index (χ3v) is 4.20. The summed E-state index contributed by atoms with van der Waals surface area (Å²) in [6, 6.07) is 4.01. The van der Waals surface area contributed by atoms with Crippen LogP contribution in [0.2, 0.25) is 0 Å². The Balaban J connectivity index is 2.51. The molecule has 0 fully saturated rings. The van der Waals surface area contributed by atoms with E-state index in [1.807, 2.05) is 18.8 Å². The highest BCUT2D eigenvalue weighted by atomic mass is 32.2. The van der Waals surface area contributed by atoms with Crippen LogP contribution in [0.4, 0.5) is 8.78 Å². The van der Waals surface area contributed by atoms with Crippen molar-refractivity contribution in [3.8, 4) is 0 Å². The van der Waals surface area contributed by atoms with Crippen molar-refractivity contribution in [2.75, 3.05) is 18.6 Å². The highest BCUT2D eigenvalue weighted by Gasteiger charge is 2.11. The average molecular weight is 273 g/mol. The van der Waals surface area contributed by atoms with Gasteiger partial charge in [0.05, 0.1) is 0 Å². The number of hydrogen-bond acceptors (Lipinski definition) is 2. The van der Waals surface area contributed by atoms with Crippen LogP contribution in [0, 0.1) is 17.6 Å². The van der Waals surface area contributed by atoms with Gasteiger partial charge in [0.15, 0.2) is 0 Å². The molecule has 1 nitrogen and oxygen atoms in total. The molecule has 1 aromatic carbocycles. The summed E-state index contributed by atoms with van der Waals surface area (Å²) in [6.45, 7) is 4.36. The van der Waals surface area contributed by atoms with E-state index in [9.17, 15) is 8.78 Å². The van der Waals surface area contributed by atoms with E-state index < -0.39 is 11.6 Å². The smallest absolute Gasteiger partial charge is 0.129 e. The Bertz CT molecular complexity index is 369. The van der Waals surface area contributed by atoms with Crippen LogP contribution in [-0.2, 0) is 6.42 Å². The highest BCUT2D eigenvalue weighted by molar-refractivity contribution is 7.99. The fraction of sp³-hybridized carbons (Fsp3) is 0.571. The van der Waals surface area contributed by atoms with Crippen LogP contribution in [0.25, 0.3) is 0 Å². The second-order valence-corrected chi connectivity index (χ2v) is 5.93. The van der Waals surface area contributed by atoms with Crippen molar-refractivity contribution in [3.63, 3.8) is 0 Å². The first kappa shape index (κ1) is 15.4. The summed E-state index contributed by atoms with van der Waals surface area (Å²) in [6.07, 6.45) is 0.591. The lowest BCUT2D eigenvalue weighted by molar-refractivity contribution is 0.550. The minimum atomic E-state index is -0.522. The van der Waals surface area contributed by atoms with E-state index in [2.05, 4.69) is 19.2 Å². The van der Waals surface area contributed by atoms with Crippen molar-refractivity contribution in [3.05, 3.63) is 35.4 Å². The van der Waals surface area contributed by atoms with Crippen LogP contribution in [0.3, 0.4) is 0 Å². The molecule has 1 rings (SSSR count). The third kappa shape index (κ3) is 5.36. The van der Waals surface area contributed by atoms with Gasteiger partial charge in [-0.2, -0.15) is 11.8 Å². The van der Waals surface area contributed by atoms with Gasteiger partial charge in [0.25, 0.3) is 0 Å². The lowest BCUT2D eigenvalue weighted by Gasteiger charge is -2.17. The number of halogens is 2. The number of benzene rings is 1. The zero-order chi connectivity index (χ0) is 13.5. The fourth-order valence-corrected chi connectivity index (χ4v) is 2.82. The van der Waals surface area contributed by atoms with Gasteiger partial charge in [-0.25, -0.2) is 8.78 Å². The molecule has 18 heavy (non-hydrogen) atoms. The minimum Gasteiger partial charge on any atom is -0.316 e. The van der Waals surface area contributed by atoms with Crippen LogP contribution < -0.4 is 5.32 Å². The fourth-order valence-electron chi connectivity index (χ4n) is 1.64. The largest absolute Gasteiger partial charge is 0.316 e. The van der Waals surface area contributed by atoms with E-state index >= 15 is 0 Å². The molecule has 0 amide bonds. The summed E-state index contributed by atoms with van der Waals surface area (Å²) in [5.74, 6) is 1.72. The van der Waals surface area contributed by atoms with Crippen LogP contribution >= 0.6 is 11.8 Å². The molecule has 102 valence electrons. The maximum atomic E-state index is 13.5. The second kappa shape index (κ2) is 7.74. The lowest BCUT2D eigenvalue weighted by atomic mass is 10.1. The van der Waals surface area contributed by atoms with Gasteiger partial charge in [0.1, 0.15) is 11.6 Å². The predicted octanol–water partition coefficient (Wildman–Crippen LogP) is 3.48.